The van der Waals surface area contributed by atoms with Crippen LogP contribution in [0, 0.1) is 5.92 Å². The van der Waals surface area contributed by atoms with Crippen molar-refractivity contribution in [3.8, 4) is 5.75 Å². The van der Waals surface area contributed by atoms with Crippen molar-refractivity contribution in [3.05, 3.63) is 48.3 Å². The van der Waals surface area contributed by atoms with Crippen molar-refractivity contribution in [1.82, 2.24) is 10.3 Å². The minimum Gasteiger partial charge on any atom is -0.492 e. The second-order valence-corrected chi connectivity index (χ2v) is 5.95. The number of amides is 1. The van der Waals surface area contributed by atoms with Crippen LogP contribution in [0.2, 0.25) is 0 Å². The number of carbonyl (C=O) groups is 1. The van der Waals surface area contributed by atoms with Crippen LogP contribution in [0.4, 0.5) is 11.4 Å². The first-order valence-corrected chi connectivity index (χ1v) is 8.32. The van der Waals surface area contributed by atoms with Gasteiger partial charge in [-0.2, -0.15) is 0 Å². The summed E-state index contributed by atoms with van der Waals surface area (Å²) in [5.41, 5.74) is 2.13. The van der Waals surface area contributed by atoms with E-state index in [0.717, 1.165) is 23.5 Å². The maximum Gasteiger partial charge on any atom is 0.252 e. The quantitative estimate of drug-likeness (QED) is 0.769. The Bertz CT molecular complexity index is 671. The summed E-state index contributed by atoms with van der Waals surface area (Å²) in [6.07, 6.45) is 4.22. The van der Waals surface area contributed by atoms with Crippen LogP contribution in [0.1, 0.15) is 37.6 Å². The lowest BCUT2D eigenvalue weighted by Gasteiger charge is -2.13. The average Bonchev–Trinajstić information content (AvgIpc) is 2.57. The van der Waals surface area contributed by atoms with Crippen LogP contribution in [-0.2, 0) is 0 Å². The van der Waals surface area contributed by atoms with Crippen molar-refractivity contribution >= 4 is 17.3 Å². The van der Waals surface area contributed by atoms with Crippen LogP contribution in [0.3, 0.4) is 0 Å². The smallest absolute Gasteiger partial charge is 0.252 e. The second-order valence-electron chi connectivity index (χ2n) is 5.95. The minimum absolute atomic E-state index is 0.107. The topological polar surface area (TPSA) is 63.2 Å². The molecule has 0 radical (unpaired) electrons. The molecular weight excluding hydrogens is 302 g/mol. The number of para-hydroxylation sites is 2. The van der Waals surface area contributed by atoms with Crippen LogP contribution in [0.5, 0.6) is 5.75 Å². The van der Waals surface area contributed by atoms with Crippen molar-refractivity contribution in [2.75, 3.05) is 18.5 Å². The summed E-state index contributed by atoms with van der Waals surface area (Å²) in [6, 6.07) is 9.48. The Hall–Kier alpha value is -2.56. The van der Waals surface area contributed by atoms with Crippen molar-refractivity contribution in [3.63, 3.8) is 0 Å². The number of hydrogen-bond donors (Lipinski definition) is 2. The van der Waals surface area contributed by atoms with Gasteiger partial charge in [-0.15, -0.1) is 0 Å². The highest BCUT2D eigenvalue weighted by molar-refractivity contribution is 5.94. The predicted octanol–water partition coefficient (Wildman–Crippen LogP) is 4.00. The van der Waals surface area contributed by atoms with Gasteiger partial charge < -0.3 is 15.4 Å². The highest BCUT2D eigenvalue weighted by Crippen LogP contribution is 2.27. The Balaban J connectivity index is 2.06. The molecule has 0 bridgehead atoms. The molecule has 2 rings (SSSR count). The molecule has 2 aromatic rings. The third-order valence-corrected chi connectivity index (χ3v) is 3.47. The molecule has 128 valence electrons. The lowest BCUT2D eigenvalue weighted by atomic mass is 10.1. The van der Waals surface area contributed by atoms with Gasteiger partial charge in [0, 0.05) is 12.7 Å². The molecule has 1 aromatic carbocycles. The Morgan fingerprint density at radius 2 is 2.04 bits per heavy atom. The third-order valence-electron chi connectivity index (χ3n) is 3.47. The number of rotatable bonds is 8. The van der Waals surface area contributed by atoms with E-state index in [0.29, 0.717) is 24.6 Å². The lowest BCUT2D eigenvalue weighted by Crippen LogP contribution is -2.25. The molecule has 0 saturated carbocycles. The molecule has 1 amide bonds. The predicted molar refractivity (Wildman–Crippen MR) is 96.9 cm³/mol. The van der Waals surface area contributed by atoms with E-state index < -0.39 is 0 Å². The number of pyridine rings is 1. The van der Waals surface area contributed by atoms with Crippen LogP contribution in [0.15, 0.2) is 42.7 Å². The zero-order valence-corrected chi connectivity index (χ0v) is 14.5. The van der Waals surface area contributed by atoms with Gasteiger partial charge in [-0.25, -0.2) is 0 Å². The van der Waals surface area contributed by atoms with E-state index in [2.05, 4.69) is 29.5 Å². The van der Waals surface area contributed by atoms with Crippen LogP contribution >= 0.6 is 0 Å². The average molecular weight is 327 g/mol. The number of ether oxygens (including phenoxy) is 1. The normalized spacial score (nSPS) is 10.5. The highest BCUT2D eigenvalue weighted by Gasteiger charge is 2.08. The summed E-state index contributed by atoms with van der Waals surface area (Å²) in [5.74, 6) is 1.23. The summed E-state index contributed by atoms with van der Waals surface area (Å²) in [6.45, 7) is 7.47. The summed E-state index contributed by atoms with van der Waals surface area (Å²) in [5, 5.41) is 6.18. The molecule has 5 heteroatoms. The maximum atomic E-state index is 12.2. The summed E-state index contributed by atoms with van der Waals surface area (Å²) in [4.78, 5) is 16.4. The number of aromatic nitrogens is 1. The van der Waals surface area contributed by atoms with Gasteiger partial charge in [-0.05, 0) is 37.5 Å². The number of nitrogens with one attached hydrogen (secondary N) is 2. The first-order chi connectivity index (χ1) is 11.6. The molecule has 5 nitrogen and oxygen atoms in total. The number of carbonyl (C=O) groups excluding carboxylic acids is 1. The summed E-state index contributed by atoms with van der Waals surface area (Å²) < 4.78 is 5.60. The fraction of sp³-hybridized carbons (Fsp3) is 0.368. The Labute approximate surface area is 143 Å². The van der Waals surface area contributed by atoms with E-state index in [-0.39, 0.29) is 5.91 Å². The van der Waals surface area contributed by atoms with Crippen molar-refractivity contribution in [1.29, 1.82) is 0 Å². The van der Waals surface area contributed by atoms with Gasteiger partial charge in [-0.1, -0.05) is 26.0 Å². The van der Waals surface area contributed by atoms with E-state index in [1.807, 2.05) is 31.2 Å². The standard InChI is InChI=1S/C19H25N3O2/c1-4-24-18-8-6-5-7-17(18)22-16-11-15(12-20-13-16)19(23)21-10-9-14(2)3/h5-8,11-14,22H,4,9-10H2,1-3H3,(H,21,23). The van der Waals surface area contributed by atoms with E-state index in [1.165, 1.54) is 0 Å². The number of benzene rings is 1. The SMILES string of the molecule is CCOc1ccccc1Nc1cncc(C(=O)NCCC(C)C)c1. The van der Waals surface area contributed by atoms with Gasteiger partial charge in [0.2, 0.25) is 0 Å². The first-order valence-electron chi connectivity index (χ1n) is 8.32. The van der Waals surface area contributed by atoms with E-state index in [4.69, 9.17) is 4.74 Å². The molecule has 0 atom stereocenters. The number of anilines is 2. The molecule has 1 heterocycles. The number of hydrogen-bond acceptors (Lipinski definition) is 4. The summed E-state index contributed by atoms with van der Waals surface area (Å²) >= 11 is 0. The Kier molecular flexibility index (Phi) is 6.61. The van der Waals surface area contributed by atoms with Crippen LogP contribution in [-0.4, -0.2) is 24.0 Å². The molecule has 24 heavy (non-hydrogen) atoms. The van der Waals surface area contributed by atoms with Crippen LogP contribution in [0.25, 0.3) is 0 Å². The molecule has 0 fully saturated rings. The molecular formula is C19H25N3O2. The van der Waals surface area contributed by atoms with Crippen molar-refractivity contribution < 1.29 is 9.53 Å². The second kappa shape index (κ2) is 8.91. The Morgan fingerprint density at radius 1 is 1.25 bits per heavy atom. The lowest BCUT2D eigenvalue weighted by molar-refractivity contribution is 0.0951. The van der Waals surface area contributed by atoms with Crippen molar-refractivity contribution in [2.45, 2.75) is 27.2 Å². The van der Waals surface area contributed by atoms with Gasteiger partial charge >= 0.3 is 0 Å². The molecule has 0 aliphatic carbocycles. The van der Waals surface area contributed by atoms with Gasteiger partial charge in [0.1, 0.15) is 5.75 Å². The molecule has 0 unspecified atom stereocenters. The van der Waals surface area contributed by atoms with E-state index in [1.54, 1.807) is 18.5 Å². The van der Waals surface area contributed by atoms with E-state index >= 15 is 0 Å². The molecule has 1 aromatic heterocycles. The maximum absolute atomic E-state index is 12.2. The van der Waals surface area contributed by atoms with Crippen LogP contribution < -0.4 is 15.4 Å². The monoisotopic (exact) mass is 327 g/mol. The van der Waals surface area contributed by atoms with Gasteiger partial charge in [0.05, 0.1) is 29.7 Å². The Morgan fingerprint density at radius 3 is 2.79 bits per heavy atom. The molecule has 0 spiro atoms. The summed E-state index contributed by atoms with van der Waals surface area (Å²) in [7, 11) is 0. The highest BCUT2D eigenvalue weighted by atomic mass is 16.5. The third kappa shape index (κ3) is 5.26. The molecule has 0 saturated heterocycles. The van der Waals surface area contributed by atoms with Gasteiger partial charge in [-0.3, -0.25) is 9.78 Å². The molecule has 0 aliphatic heterocycles. The fourth-order valence-electron chi connectivity index (χ4n) is 2.22. The largest absolute Gasteiger partial charge is 0.492 e. The fourth-order valence-corrected chi connectivity index (χ4v) is 2.22. The zero-order chi connectivity index (χ0) is 17.4. The first kappa shape index (κ1) is 17.8. The zero-order valence-electron chi connectivity index (χ0n) is 14.5. The molecule has 2 N–H and O–H groups in total. The molecule has 0 aliphatic rings. The van der Waals surface area contributed by atoms with Crippen molar-refractivity contribution in [2.24, 2.45) is 5.92 Å². The minimum atomic E-state index is -0.107. The number of nitrogens with zero attached hydrogens (tertiary/aromatic N) is 1. The van der Waals surface area contributed by atoms with E-state index in [9.17, 15) is 4.79 Å². The van der Waals surface area contributed by atoms with Gasteiger partial charge in [0.15, 0.2) is 0 Å². The van der Waals surface area contributed by atoms with Gasteiger partial charge in [0.25, 0.3) is 5.91 Å².